The molecule has 0 bridgehead atoms. The highest BCUT2D eigenvalue weighted by Crippen LogP contribution is 2.15. The summed E-state index contributed by atoms with van der Waals surface area (Å²) in [6, 6.07) is -0.527. The number of hydrogen-bond donors (Lipinski definition) is 6. The zero-order valence-corrected chi connectivity index (χ0v) is 38.1. The minimum absolute atomic E-state index is 0.0245. The van der Waals surface area contributed by atoms with Crippen molar-refractivity contribution in [2.45, 2.75) is 245 Å². The van der Waals surface area contributed by atoms with E-state index in [1.165, 1.54) is 141 Å². The van der Waals surface area contributed by atoms with Crippen LogP contribution in [0.4, 0.5) is 0 Å². The van der Waals surface area contributed by atoms with Crippen molar-refractivity contribution in [3.05, 3.63) is 0 Å². The van der Waals surface area contributed by atoms with Crippen molar-refractivity contribution in [1.29, 1.82) is 0 Å². The van der Waals surface area contributed by atoms with E-state index < -0.39 is 6.04 Å². The predicted octanol–water partition coefficient (Wildman–Crippen LogP) is 10.5. The molecule has 0 aliphatic carbocycles. The number of carbonyl (C=O) groups excluding carboxylic acids is 3. The summed E-state index contributed by atoms with van der Waals surface area (Å²) in [4.78, 5) is 38.5. The number of amides is 3. The first kappa shape index (κ1) is 55.3. The molecule has 0 fully saturated rings. The van der Waals surface area contributed by atoms with Gasteiger partial charge in [0, 0.05) is 25.9 Å². The van der Waals surface area contributed by atoms with Crippen LogP contribution in [0.15, 0.2) is 0 Å². The molecule has 3 amide bonds. The van der Waals surface area contributed by atoms with Gasteiger partial charge in [0.25, 0.3) is 0 Å². The molecule has 0 heterocycles. The fraction of sp³-hybridized carbons (Fsp3) is 0.938. The lowest BCUT2D eigenvalue weighted by molar-refractivity contribution is -0.129. The number of hydrogen-bond acceptors (Lipinski definition) is 6. The van der Waals surface area contributed by atoms with E-state index in [0.717, 1.165) is 96.9 Å². The van der Waals surface area contributed by atoms with E-state index in [2.05, 4.69) is 40.4 Å². The van der Waals surface area contributed by atoms with Crippen LogP contribution in [0.1, 0.15) is 239 Å². The van der Waals surface area contributed by atoms with Gasteiger partial charge in [-0.1, -0.05) is 168 Å². The lowest BCUT2D eigenvalue weighted by Gasteiger charge is -2.19. The minimum atomic E-state index is -0.527. The van der Waals surface area contributed by atoms with Gasteiger partial charge in [-0.2, -0.15) is 0 Å². The SMILES string of the molecule is CCCCCCCCCCCCCCCC(=O)NCCCC[C@@H](NC(=O)CCCCCCCCCCCCCCC)C(=O)NCCCNCCCCNCCCN. The maximum atomic E-state index is 13.2. The van der Waals surface area contributed by atoms with E-state index in [9.17, 15) is 14.4 Å². The summed E-state index contributed by atoms with van der Waals surface area (Å²) in [5.41, 5.74) is 5.53. The van der Waals surface area contributed by atoms with Crippen LogP contribution in [0.3, 0.4) is 0 Å². The number of carbonyl (C=O) groups is 3. The van der Waals surface area contributed by atoms with Crippen molar-refractivity contribution in [2.75, 3.05) is 45.8 Å². The van der Waals surface area contributed by atoms with Gasteiger partial charge in [0.2, 0.25) is 17.7 Å². The quantitative estimate of drug-likeness (QED) is 0.0339. The zero-order chi connectivity index (χ0) is 41.5. The van der Waals surface area contributed by atoms with Crippen LogP contribution in [-0.4, -0.2) is 69.6 Å². The molecule has 9 nitrogen and oxygen atoms in total. The summed E-state index contributed by atoms with van der Waals surface area (Å²) < 4.78 is 0. The van der Waals surface area contributed by atoms with Crippen LogP contribution in [0.2, 0.25) is 0 Å². The molecule has 0 aliphatic heterocycles. The largest absolute Gasteiger partial charge is 0.356 e. The average molecular weight is 807 g/mol. The Hall–Kier alpha value is -1.71. The molecule has 7 N–H and O–H groups in total. The van der Waals surface area contributed by atoms with Gasteiger partial charge in [0.15, 0.2) is 0 Å². The molecule has 0 rings (SSSR count). The van der Waals surface area contributed by atoms with Crippen molar-refractivity contribution < 1.29 is 14.4 Å². The van der Waals surface area contributed by atoms with Gasteiger partial charge in [-0.3, -0.25) is 14.4 Å². The molecule has 0 radical (unpaired) electrons. The minimum Gasteiger partial charge on any atom is -0.356 e. The standard InChI is InChI=1S/C48H98N6O3/c1-3-5-7-9-11-13-15-17-19-21-23-25-27-36-46(55)52-43-30-29-35-45(48(57)53-44-34-42-51-40-32-31-39-50-41-33-38-49)54-47(56)37-28-26-24-22-20-18-16-14-12-10-8-6-4-2/h45,50-51H,3-44,49H2,1-2H3,(H,52,55)(H,53,57)(H,54,56)/t45-/m1/s1. The third kappa shape index (κ3) is 43.7. The second-order valence-electron chi connectivity index (χ2n) is 16.9. The summed E-state index contributed by atoms with van der Waals surface area (Å²) in [5, 5.41) is 16.1. The Morgan fingerprint density at radius 2 is 0.754 bits per heavy atom. The lowest BCUT2D eigenvalue weighted by Crippen LogP contribution is -2.47. The van der Waals surface area contributed by atoms with Gasteiger partial charge >= 0.3 is 0 Å². The topological polar surface area (TPSA) is 137 Å². The normalized spacial score (nSPS) is 11.8. The molecule has 0 saturated carbocycles. The van der Waals surface area contributed by atoms with Crippen LogP contribution in [0, 0.1) is 0 Å². The van der Waals surface area contributed by atoms with Crippen molar-refractivity contribution in [3.8, 4) is 0 Å². The Labute approximate surface area is 353 Å². The molecule has 0 saturated heterocycles. The summed E-state index contributed by atoms with van der Waals surface area (Å²) in [6.45, 7) is 10.3. The van der Waals surface area contributed by atoms with E-state index in [0.29, 0.717) is 32.4 Å². The second-order valence-corrected chi connectivity index (χ2v) is 16.9. The van der Waals surface area contributed by atoms with Crippen molar-refractivity contribution in [2.24, 2.45) is 5.73 Å². The fourth-order valence-electron chi connectivity index (χ4n) is 7.46. The Morgan fingerprint density at radius 1 is 0.386 bits per heavy atom. The fourth-order valence-corrected chi connectivity index (χ4v) is 7.46. The van der Waals surface area contributed by atoms with Crippen molar-refractivity contribution >= 4 is 17.7 Å². The van der Waals surface area contributed by atoms with Gasteiger partial charge in [-0.05, 0) is 90.5 Å². The predicted molar refractivity (Wildman–Crippen MR) is 246 cm³/mol. The molecule has 0 aliphatic rings. The van der Waals surface area contributed by atoms with Crippen LogP contribution in [-0.2, 0) is 14.4 Å². The highest BCUT2D eigenvalue weighted by Gasteiger charge is 2.20. The van der Waals surface area contributed by atoms with E-state index in [-0.39, 0.29) is 17.7 Å². The average Bonchev–Trinajstić information content (AvgIpc) is 3.21. The number of unbranched alkanes of at least 4 members (excludes halogenated alkanes) is 26. The zero-order valence-electron chi connectivity index (χ0n) is 38.1. The summed E-state index contributed by atoms with van der Waals surface area (Å²) in [6.07, 6.45) is 40.9. The first-order chi connectivity index (χ1) is 28.0. The van der Waals surface area contributed by atoms with Crippen LogP contribution in [0.5, 0.6) is 0 Å². The Bertz CT molecular complexity index is 860. The molecule has 9 heteroatoms. The molecule has 0 aromatic rings. The summed E-state index contributed by atoms with van der Waals surface area (Å²) >= 11 is 0. The van der Waals surface area contributed by atoms with Gasteiger partial charge in [0.05, 0.1) is 0 Å². The first-order valence-corrected chi connectivity index (χ1v) is 25.0. The molecule has 338 valence electrons. The van der Waals surface area contributed by atoms with Gasteiger partial charge in [-0.15, -0.1) is 0 Å². The maximum absolute atomic E-state index is 13.2. The lowest BCUT2D eigenvalue weighted by atomic mass is 10.0. The first-order valence-electron chi connectivity index (χ1n) is 25.0. The highest BCUT2D eigenvalue weighted by atomic mass is 16.2. The Kier molecular flexibility index (Phi) is 45.6. The molecule has 0 unspecified atom stereocenters. The van der Waals surface area contributed by atoms with Gasteiger partial charge in [-0.25, -0.2) is 0 Å². The second kappa shape index (κ2) is 47.0. The van der Waals surface area contributed by atoms with Gasteiger partial charge in [0.1, 0.15) is 6.04 Å². The molecule has 1 atom stereocenters. The Morgan fingerprint density at radius 3 is 1.21 bits per heavy atom. The van der Waals surface area contributed by atoms with E-state index in [1.807, 2.05) is 0 Å². The molecule has 57 heavy (non-hydrogen) atoms. The number of rotatable bonds is 47. The van der Waals surface area contributed by atoms with Crippen LogP contribution < -0.4 is 32.3 Å². The van der Waals surface area contributed by atoms with E-state index in [4.69, 9.17) is 5.73 Å². The van der Waals surface area contributed by atoms with Crippen molar-refractivity contribution in [3.63, 3.8) is 0 Å². The highest BCUT2D eigenvalue weighted by molar-refractivity contribution is 5.87. The molecular formula is C48H98N6O3. The van der Waals surface area contributed by atoms with Crippen LogP contribution in [0.25, 0.3) is 0 Å². The number of nitrogens with one attached hydrogen (secondary N) is 5. The van der Waals surface area contributed by atoms with E-state index >= 15 is 0 Å². The molecule has 0 aromatic carbocycles. The van der Waals surface area contributed by atoms with Crippen LogP contribution >= 0.6 is 0 Å². The Balaban J connectivity index is 4.27. The summed E-state index contributed by atoms with van der Waals surface area (Å²) in [5.74, 6) is 0.0125. The summed E-state index contributed by atoms with van der Waals surface area (Å²) in [7, 11) is 0. The maximum Gasteiger partial charge on any atom is 0.242 e. The van der Waals surface area contributed by atoms with Gasteiger partial charge < -0.3 is 32.3 Å². The third-order valence-corrected chi connectivity index (χ3v) is 11.3. The molecule has 0 spiro atoms. The smallest absolute Gasteiger partial charge is 0.242 e. The third-order valence-electron chi connectivity index (χ3n) is 11.3. The van der Waals surface area contributed by atoms with E-state index in [1.54, 1.807) is 0 Å². The van der Waals surface area contributed by atoms with Crippen molar-refractivity contribution in [1.82, 2.24) is 26.6 Å². The number of nitrogens with two attached hydrogens (primary N) is 1. The molecular weight excluding hydrogens is 709 g/mol. The molecule has 0 aromatic heterocycles. The monoisotopic (exact) mass is 807 g/mol.